The van der Waals surface area contributed by atoms with Gasteiger partial charge in [-0.1, -0.05) is 284 Å². The summed E-state index contributed by atoms with van der Waals surface area (Å²) in [5, 5.41) is 4.85. The topological polar surface area (TPSA) is 17.4 Å². The van der Waals surface area contributed by atoms with Crippen molar-refractivity contribution in [2.75, 3.05) is 11.5 Å². The highest BCUT2D eigenvalue weighted by Crippen LogP contribution is 2.57. The van der Waals surface area contributed by atoms with E-state index in [1.165, 1.54) is 118 Å². The van der Waals surface area contributed by atoms with Crippen LogP contribution in [0.4, 0.5) is 17.1 Å². The van der Waals surface area contributed by atoms with E-state index in [0.29, 0.717) is 0 Å². The molecule has 0 fully saturated rings. The zero-order valence-electron chi connectivity index (χ0n) is 55.3. The van der Waals surface area contributed by atoms with Gasteiger partial charge in [-0.25, -0.2) is 0 Å². The minimum absolute atomic E-state index is 0.0805. The Labute approximate surface area is 566 Å². The van der Waals surface area contributed by atoms with E-state index in [1.807, 2.05) is 12.2 Å². The molecule has 13 aromatic carbocycles. The van der Waals surface area contributed by atoms with Crippen molar-refractivity contribution in [1.82, 2.24) is 4.57 Å². The Hall–Kier alpha value is -11.0. The Morgan fingerprint density at radius 3 is 1.44 bits per heavy atom. The van der Waals surface area contributed by atoms with E-state index in [2.05, 4.69) is 341 Å². The van der Waals surface area contributed by atoms with Crippen molar-refractivity contribution in [2.24, 2.45) is 0 Å². The Morgan fingerprint density at radius 1 is 0.385 bits per heavy atom. The number of benzene rings is 13. The van der Waals surface area contributed by atoms with Crippen LogP contribution in [-0.4, -0.2) is 11.2 Å². The summed E-state index contributed by atoms with van der Waals surface area (Å²) >= 11 is 0. The van der Waals surface area contributed by atoms with Crippen LogP contribution in [0.15, 0.2) is 310 Å². The molecular formula is C93H80N2O. The number of unbranched alkanes of at least 4 members (excludes halogenated alkanes) is 5. The lowest BCUT2D eigenvalue weighted by Gasteiger charge is -2.34. The molecule has 0 amide bonds. The number of ether oxygens (including phenoxy) is 1. The molecule has 0 bridgehead atoms. The van der Waals surface area contributed by atoms with Gasteiger partial charge in [0, 0.05) is 38.9 Å². The molecule has 0 radical (unpaired) electrons. The second kappa shape index (κ2) is 26.4. The normalized spacial score (nSPS) is 13.4. The monoisotopic (exact) mass is 1240 g/mol. The highest BCUT2D eigenvalue weighted by atomic mass is 16.5. The molecule has 0 saturated carbocycles. The van der Waals surface area contributed by atoms with Gasteiger partial charge in [0.15, 0.2) is 0 Å². The zero-order valence-corrected chi connectivity index (χ0v) is 55.3. The summed E-state index contributed by atoms with van der Waals surface area (Å²) in [7, 11) is 0. The highest BCUT2D eigenvalue weighted by Gasteiger charge is 2.44. The third-order valence-corrected chi connectivity index (χ3v) is 20.1. The van der Waals surface area contributed by atoms with Crippen molar-refractivity contribution in [3.63, 3.8) is 0 Å². The van der Waals surface area contributed by atoms with Crippen LogP contribution in [0.2, 0.25) is 0 Å². The van der Waals surface area contributed by atoms with Crippen molar-refractivity contribution in [2.45, 2.75) is 76.5 Å². The number of para-hydroxylation sites is 1. The van der Waals surface area contributed by atoms with Crippen LogP contribution in [0.3, 0.4) is 0 Å². The van der Waals surface area contributed by atoms with Crippen LogP contribution in [0.1, 0.15) is 99.1 Å². The lowest BCUT2D eigenvalue weighted by Crippen LogP contribution is -2.27. The first-order chi connectivity index (χ1) is 47.1. The first-order valence-corrected chi connectivity index (χ1v) is 34.3. The van der Waals surface area contributed by atoms with E-state index in [-0.39, 0.29) is 10.8 Å². The summed E-state index contributed by atoms with van der Waals surface area (Å²) in [6.07, 6.45) is 11.6. The van der Waals surface area contributed by atoms with E-state index < -0.39 is 0 Å². The van der Waals surface area contributed by atoms with Gasteiger partial charge in [0.05, 0.1) is 17.6 Å². The maximum absolute atomic E-state index is 6.36. The lowest BCUT2D eigenvalue weighted by molar-refractivity contribution is 0.304. The van der Waals surface area contributed by atoms with Gasteiger partial charge in [-0.05, 0) is 209 Å². The summed E-state index contributed by atoms with van der Waals surface area (Å²) in [5.41, 5.74) is 26.4. The van der Waals surface area contributed by atoms with Gasteiger partial charge in [0.25, 0.3) is 0 Å². The van der Waals surface area contributed by atoms with Gasteiger partial charge in [-0.2, -0.15) is 0 Å². The summed E-state index contributed by atoms with van der Waals surface area (Å²) in [6.45, 7) is 15.4. The second-order valence-corrected chi connectivity index (χ2v) is 27.0. The zero-order chi connectivity index (χ0) is 65.2. The third kappa shape index (κ3) is 12.0. The molecule has 1 aliphatic rings. The average molecular weight is 1240 g/mol. The number of aromatic nitrogens is 1. The summed E-state index contributed by atoms with van der Waals surface area (Å²) < 4.78 is 8.77. The Balaban J connectivity index is 0.720. The number of nitrogens with zero attached hydrogens (tertiary/aromatic N) is 2. The molecule has 1 unspecified atom stereocenters. The maximum atomic E-state index is 6.36. The third-order valence-electron chi connectivity index (χ3n) is 20.1. The van der Waals surface area contributed by atoms with Gasteiger partial charge in [-0.3, -0.25) is 0 Å². The van der Waals surface area contributed by atoms with Crippen LogP contribution >= 0.6 is 0 Å². The molecule has 15 rings (SSSR count). The summed E-state index contributed by atoms with van der Waals surface area (Å²) in [5.74, 6) is 0.935. The molecule has 468 valence electrons. The second-order valence-electron chi connectivity index (χ2n) is 27.0. The van der Waals surface area contributed by atoms with E-state index in [1.54, 1.807) is 0 Å². The molecule has 0 N–H and O–H groups in total. The van der Waals surface area contributed by atoms with Gasteiger partial charge in [0.2, 0.25) is 0 Å². The van der Waals surface area contributed by atoms with E-state index in [4.69, 9.17) is 4.74 Å². The SMILES string of the molecule is C=Cc1ccc(-c2ccc3cc(OCCCCCCCCC4(c5ccccc5)c5ccccc5-c5ccc(N(c6ccc(-c7ccc(C(C)(C)C)cc7)cc6)c6ccc(-c7ccc8c(c7)c7cc(-c9ccc(C=C)cc9)ccc7n8-c7ccccc7)cc6)cc54)ccc3c2)cc1. The molecule has 0 aliphatic heterocycles. The molecule has 0 spiro atoms. The molecule has 1 aromatic heterocycles. The summed E-state index contributed by atoms with van der Waals surface area (Å²) in [6, 6.07) is 110. The van der Waals surface area contributed by atoms with Crippen LogP contribution in [0.25, 0.3) is 106 Å². The van der Waals surface area contributed by atoms with Crippen molar-refractivity contribution in [3.8, 4) is 67.1 Å². The molecule has 1 atom stereocenters. The van der Waals surface area contributed by atoms with Crippen molar-refractivity contribution < 1.29 is 4.74 Å². The van der Waals surface area contributed by atoms with Gasteiger partial charge in [0.1, 0.15) is 5.75 Å². The van der Waals surface area contributed by atoms with Gasteiger partial charge >= 0.3 is 0 Å². The molecule has 96 heavy (non-hydrogen) atoms. The van der Waals surface area contributed by atoms with E-state index in [0.717, 1.165) is 83.9 Å². The fraction of sp³-hybridized carbons (Fsp3) is 0.140. The lowest BCUT2D eigenvalue weighted by atomic mass is 9.69. The minimum atomic E-state index is -0.340. The fourth-order valence-corrected chi connectivity index (χ4v) is 14.9. The Bertz CT molecular complexity index is 5110. The largest absolute Gasteiger partial charge is 0.494 e. The van der Waals surface area contributed by atoms with Gasteiger partial charge < -0.3 is 14.2 Å². The first kappa shape index (κ1) is 61.2. The molecule has 1 heterocycles. The molecule has 0 saturated heterocycles. The van der Waals surface area contributed by atoms with E-state index in [9.17, 15) is 0 Å². The molecular weight excluding hydrogens is 1160 g/mol. The van der Waals surface area contributed by atoms with Crippen LogP contribution < -0.4 is 9.64 Å². The van der Waals surface area contributed by atoms with Crippen molar-refractivity contribution in [1.29, 1.82) is 0 Å². The van der Waals surface area contributed by atoms with Crippen LogP contribution in [0.5, 0.6) is 5.75 Å². The quantitative estimate of drug-likeness (QED) is 0.0667. The van der Waals surface area contributed by atoms with Crippen molar-refractivity contribution >= 4 is 61.8 Å². The van der Waals surface area contributed by atoms with E-state index >= 15 is 0 Å². The fourth-order valence-electron chi connectivity index (χ4n) is 14.9. The molecule has 3 heteroatoms. The van der Waals surface area contributed by atoms with Crippen LogP contribution in [-0.2, 0) is 10.8 Å². The minimum Gasteiger partial charge on any atom is -0.494 e. The smallest absolute Gasteiger partial charge is 0.119 e. The average Bonchev–Trinajstić information content (AvgIpc) is 1.54. The predicted octanol–water partition coefficient (Wildman–Crippen LogP) is 25.8. The molecule has 14 aromatic rings. The van der Waals surface area contributed by atoms with Crippen molar-refractivity contribution in [3.05, 3.63) is 344 Å². The summed E-state index contributed by atoms with van der Waals surface area (Å²) in [4.78, 5) is 2.47. The number of rotatable bonds is 21. The Morgan fingerprint density at radius 2 is 0.844 bits per heavy atom. The molecule has 3 nitrogen and oxygen atoms in total. The standard InChI is InChI=1S/C93H80N2O/c1-6-65-28-32-69(33-29-65)72-36-37-74-61-83(54-44-73(74)60-72)96-59-21-11-9-8-10-20-58-93(78-22-14-12-15-23-78)88-27-19-18-26-84(88)85-55-53-82(64-89(85)93)94(80-49-40-68(41-50-80)67-38-47-77(48-39-67)92(3,4)5)81-51-42-71(43-52-81)76-46-57-91-87(63-76)86-62-75(70-34-30-66(7-2)31-35-70)45-56-90(86)95(91)79-24-16-13-17-25-79/h6-7,12-19,22-57,60-64H,1-2,8-11,20-21,58-59H2,3-5H3. The van der Waals surface area contributed by atoms with Gasteiger partial charge in [-0.15, -0.1) is 0 Å². The van der Waals surface area contributed by atoms with Crippen LogP contribution in [0, 0.1) is 0 Å². The first-order valence-electron chi connectivity index (χ1n) is 34.3. The number of hydrogen-bond donors (Lipinski definition) is 0. The maximum Gasteiger partial charge on any atom is 0.119 e. The molecule has 1 aliphatic carbocycles. The number of hydrogen-bond acceptors (Lipinski definition) is 2. The Kier molecular flexibility index (Phi) is 16.8. The number of fused-ring (bicyclic) bond motifs is 7. The predicted molar refractivity (Wildman–Crippen MR) is 410 cm³/mol. The number of anilines is 3. The highest BCUT2D eigenvalue weighted by molar-refractivity contribution is 6.12.